The first-order valence-electron chi connectivity index (χ1n) is 6.90. The van der Waals surface area contributed by atoms with Crippen molar-refractivity contribution in [2.75, 3.05) is 4.90 Å². The maximum absolute atomic E-state index is 12.8. The maximum atomic E-state index is 12.8. The van der Waals surface area contributed by atoms with E-state index in [1.54, 1.807) is 24.3 Å². The number of hydrogen-bond donors (Lipinski definition) is 0. The predicted molar refractivity (Wildman–Crippen MR) is 78.0 cm³/mol. The molecule has 3 aliphatic heterocycles. The number of ether oxygens (including phenoxy) is 1. The molecule has 4 rings (SSSR count). The fraction of sp³-hybridized carbons (Fsp3) is 0.375. The number of amides is 2. The van der Waals surface area contributed by atoms with Gasteiger partial charge in [-0.05, 0) is 38.1 Å². The summed E-state index contributed by atoms with van der Waals surface area (Å²) in [5.74, 6) is -1.28. The summed E-state index contributed by atoms with van der Waals surface area (Å²) in [4.78, 5) is 26.8. The van der Waals surface area contributed by atoms with Crippen LogP contribution < -0.4 is 4.90 Å². The summed E-state index contributed by atoms with van der Waals surface area (Å²) in [7, 11) is 0. The second kappa shape index (κ2) is 3.76. The second-order valence-corrected chi connectivity index (χ2v) is 6.68. The monoisotopic (exact) mass is 303 g/mol. The molecule has 108 valence electrons. The van der Waals surface area contributed by atoms with Crippen LogP contribution in [0.15, 0.2) is 36.4 Å². The van der Waals surface area contributed by atoms with Crippen molar-refractivity contribution in [2.24, 2.45) is 11.8 Å². The molecule has 2 bridgehead atoms. The van der Waals surface area contributed by atoms with Crippen LogP contribution in [0.3, 0.4) is 0 Å². The van der Waals surface area contributed by atoms with Gasteiger partial charge in [0.2, 0.25) is 11.8 Å². The number of anilines is 1. The highest BCUT2D eigenvalue weighted by Crippen LogP contribution is 2.57. The Labute approximate surface area is 127 Å². The molecule has 5 heteroatoms. The molecule has 0 spiro atoms. The third-order valence-electron chi connectivity index (χ3n) is 4.81. The SMILES string of the molecule is C[C@]12C=C[C@](C)(O1)[C@H]1C(=O)N(c3ccc(Cl)cc3)C(=O)[C@H]12. The Morgan fingerprint density at radius 1 is 1.00 bits per heavy atom. The first-order valence-corrected chi connectivity index (χ1v) is 7.27. The summed E-state index contributed by atoms with van der Waals surface area (Å²) >= 11 is 5.87. The Hall–Kier alpha value is -1.65. The highest BCUT2D eigenvalue weighted by Gasteiger charge is 2.70. The molecule has 2 amide bonds. The van der Waals surface area contributed by atoms with Crippen molar-refractivity contribution in [3.8, 4) is 0 Å². The zero-order chi connectivity index (χ0) is 15.0. The van der Waals surface area contributed by atoms with E-state index in [1.165, 1.54) is 4.90 Å². The van der Waals surface area contributed by atoms with E-state index in [1.807, 2.05) is 26.0 Å². The van der Waals surface area contributed by atoms with Gasteiger partial charge in [0.25, 0.3) is 0 Å². The number of fused-ring (bicyclic) bond motifs is 5. The summed E-state index contributed by atoms with van der Waals surface area (Å²) in [6.45, 7) is 3.74. The van der Waals surface area contributed by atoms with E-state index in [4.69, 9.17) is 16.3 Å². The number of nitrogens with zero attached hydrogens (tertiary/aromatic N) is 1. The highest BCUT2D eigenvalue weighted by atomic mass is 35.5. The van der Waals surface area contributed by atoms with Crippen LogP contribution in [0, 0.1) is 11.8 Å². The number of carbonyl (C=O) groups is 2. The molecule has 0 radical (unpaired) electrons. The molecule has 1 aromatic rings. The molecule has 21 heavy (non-hydrogen) atoms. The van der Waals surface area contributed by atoms with Gasteiger partial charge in [0.15, 0.2) is 0 Å². The molecule has 3 heterocycles. The first-order chi connectivity index (χ1) is 9.86. The van der Waals surface area contributed by atoms with Crippen molar-refractivity contribution < 1.29 is 14.3 Å². The van der Waals surface area contributed by atoms with Gasteiger partial charge in [-0.1, -0.05) is 23.8 Å². The van der Waals surface area contributed by atoms with Gasteiger partial charge >= 0.3 is 0 Å². The van der Waals surface area contributed by atoms with Crippen LogP contribution in [-0.4, -0.2) is 23.0 Å². The predicted octanol–water partition coefficient (Wildman–Crippen LogP) is 2.56. The molecule has 4 atom stereocenters. The van der Waals surface area contributed by atoms with Gasteiger partial charge in [0, 0.05) is 5.02 Å². The largest absolute Gasteiger partial charge is 0.359 e. The normalized spacial score (nSPS) is 40.2. The molecule has 0 aliphatic carbocycles. The number of benzene rings is 1. The Morgan fingerprint density at radius 2 is 1.48 bits per heavy atom. The standard InChI is InChI=1S/C16H14ClNO3/c1-15-7-8-16(2,21-15)12-11(15)13(19)18(14(12)20)10-5-3-9(17)4-6-10/h3-8,11-12H,1-2H3/t11-,12+,15+,16-. The lowest BCUT2D eigenvalue weighted by Gasteiger charge is -2.25. The topological polar surface area (TPSA) is 46.6 Å². The average Bonchev–Trinajstić information content (AvgIpc) is 2.97. The zero-order valence-electron chi connectivity index (χ0n) is 11.7. The van der Waals surface area contributed by atoms with Gasteiger partial charge in [-0.15, -0.1) is 0 Å². The van der Waals surface area contributed by atoms with Gasteiger partial charge in [-0.3, -0.25) is 9.59 Å². The summed E-state index contributed by atoms with van der Waals surface area (Å²) in [6, 6.07) is 6.75. The van der Waals surface area contributed by atoms with Gasteiger partial charge in [0.05, 0.1) is 28.7 Å². The van der Waals surface area contributed by atoms with Crippen molar-refractivity contribution >= 4 is 29.1 Å². The van der Waals surface area contributed by atoms with Gasteiger partial charge in [-0.25, -0.2) is 4.90 Å². The molecule has 2 fully saturated rings. The summed E-state index contributed by atoms with van der Waals surface area (Å²) in [5, 5.41) is 0.571. The van der Waals surface area contributed by atoms with Crippen LogP contribution in [0.4, 0.5) is 5.69 Å². The van der Waals surface area contributed by atoms with Crippen LogP contribution in [0.5, 0.6) is 0 Å². The quantitative estimate of drug-likeness (QED) is 0.592. The van der Waals surface area contributed by atoms with Crippen molar-refractivity contribution in [3.63, 3.8) is 0 Å². The minimum atomic E-state index is -0.687. The lowest BCUT2D eigenvalue weighted by atomic mass is 9.73. The Balaban J connectivity index is 1.80. The Kier molecular flexibility index (Phi) is 2.33. The second-order valence-electron chi connectivity index (χ2n) is 6.25. The third kappa shape index (κ3) is 1.49. The summed E-state index contributed by atoms with van der Waals surface area (Å²) in [6.07, 6.45) is 3.81. The van der Waals surface area contributed by atoms with E-state index in [-0.39, 0.29) is 11.8 Å². The summed E-state index contributed by atoms with van der Waals surface area (Å²) < 4.78 is 5.96. The molecule has 0 unspecified atom stereocenters. The molecule has 0 saturated carbocycles. The third-order valence-corrected chi connectivity index (χ3v) is 5.06. The molecule has 0 aromatic heterocycles. The molecule has 3 aliphatic rings. The Bertz CT molecular complexity index is 662. The smallest absolute Gasteiger partial charge is 0.241 e. The first kappa shape index (κ1) is 13.0. The number of halogens is 1. The van der Waals surface area contributed by atoms with E-state index in [2.05, 4.69) is 0 Å². The summed E-state index contributed by atoms with van der Waals surface area (Å²) in [5.41, 5.74) is -0.809. The minimum absolute atomic E-state index is 0.192. The van der Waals surface area contributed by atoms with Crippen LogP contribution in [0.2, 0.25) is 5.02 Å². The number of carbonyl (C=O) groups excluding carboxylic acids is 2. The van der Waals surface area contributed by atoms with Crippen LogP contribution in [-0.2, 0) is 14.3 Å². The Morgan fingerprint density at radius 3 is 1.95 bits per heavy atom. The van der Waals surface area contributed by atoms with Crippen molar-refractivity contribution in [1.82, 2.24) is 0 Å². The van der Waals surface area contributed by atoms with E-state index in [0.717, 1.165) is 0 Å². The lowest BCUT2D eigenvalue weighted by Crippen LogP contribution is -2.39. The van der Waals surface area contributed by atoms with Crippen LogP contribution in [0.25, 0.3) is 0 Å². The molecular weight excluding hydrogens is 290 g/mol. The fourth-order valence-corrected chi connectivity index (χ4v) is 4.00. The number of hydrogen-bond acceptors (Lipinski definition) is 3. The van der Waals surface area contributed by atoms with Gasteiger partial charge in [-0.2, -0.15) is 0 Å². The maximum Gasteiger partial charge on any atom is 0.241 e. The lowest BCUT2D eigenvalue weighted by molar-refractivity contribution is -0.128. The van der Waals surface area contributed by atoms with Gasteiger partial charge in [0.1, 0.15) is 0 Å². The molecule has 2 saturated heterocycles. The number of rotatable bonds is 1. The van der Waals surface area contributed by atoms with Gasteiger partial charge < -0.3 is 4.74 Å². The van der Waals surface area contributed by atoms with Crippen LogP contribution >= 0.6 is 11.6 Å². The van der Waals surface area contributed by atoms with E-state index < -0.39 is 23.0 Å². The average molecular weight is 304 g/mol. The van der Waals surface area contributed by atoms with E-state index in [0.29, 0.717) is 10.7 Å². The van der Waals surface area contributed by atoms with Crippen molar-refractivity contribution in [3.05, 3.63) is 41.4 Å². The molecule has 0 N–H and O–H groups in total. The fourth-order valence-electron chi connectivity index (χ4n) is 3.88. The van der Waals surface area contributed by atoms with E-state index >= 15 is 0 Å². The van der Waals surface area contributed by atoms with Crippen molar-refractivity contribution in [2.45, 2.75) is 25.0 Å². The van der Waals surface area contributed by atoms with Crippen LogP contribution in [0.1, 0.15) is 13.8 Å². The zero-order valence-corrected chi connectivity index (χ0v) is 12.4. The highest BCUT2D eigenvalue weighted by molar-refractivity contribution is 6.31. The molecule has 4 nitrogen and oxygen atoms in total. The minimum Gasteiger partial charge on any atom is -0.359 e. The molecule has 1 aromatic carbocycles. The number of imide groups is 1. The van der Waals surface area contributed by atoms with Crippen molar-refractivity contribution in [1.29, 1.82) is 0 Å². The van der Waals surface area contributed by atoms with E-state index in [9.17, 15) is 9.59 Å². The molecular formula is C16H14ClNO3.